The van der Waals surface area contributed by atoms with Crippen molar-refractivity contribution in [2.24, 2.45) is 5.41 Å². The van der Waals surface area contributed by atoms with Crippen LogP contribution in [0.15, 0.2) is 0 Å². The van der Waals surface area contributed by atoms with Gasteiger partial charge >= 0.3 is 12.1 Å². The van der Waals surface area contributed by atoms with Crippen LogP contribution in [0.5, 0.6) is 0 Å². The smallest absolute Gasteiger partial charge is 0.461 e. The average molecular weight is 264 g/mol. The summed E-state index contributed by atoms with van der Waals surface area (Å²) in [6, 6.07) is 0. The minimum Gasteiger partial charge on any atom is -0.461 e. The Morgan fingerprint density at radius 1 is 1.18 bits per heavy atom. The van der Waals surface area contributed by atoms with Crippen molar-refractivity contribution in [2.75, 3.05) is 6.61 Å². The predicted molar refractivity (Wildman–Crippen MR) is 66.6 cm³/mol. The Labute approximate surface area is 104 Å². The highest BCUT2D eigenvalue weighted by Gasteiger charge is 2.24. The standard InChI is InChI=1S/C11H21O5P/c1-7(2)15-10(13)16-8(17)6-14-9(12)11(3,4)5/h7-8H,6,17H2,1-5H3. The Bertz CT molecular complexity index is 270. The Morgan fingerprint density at radius 2 is 1.71 bits per heavy atom. The van der Waals surface area contributed by atoms with E-state index in [1.807, 2.05) is 0 Å². The molecule has 0 aliphatic heterocycles. The van der Waals surface area contributed by atoms with Crippen molar-refractivity contribution < 1.29 is 23.8 Å². The largest absolute Gasteiger partial charge is 0.509 e. The molecule has 0 saturated carbocycles. The SMILES string of the molecule is CC(C)OC(=O)OC(P)COC(=O)C(C)(C)C. The fraction of sp³-hybridized carbons (Fsp3) is 0.818. The van der Waals surface area contributed by atoms with Crippen LogP contribution < -0.4 is 0 Å². The normalized spacial score (nSPS) is 13.1. The van der Waals surface area contributed by atoms with Gasteiger partial charge in [-0.15, -0.1) is 0 Å². The fourth-order valence-corrected chi connectivity index (χ4v) is 0.960. The number of hydrogen-bond acceptors (Lipinski definition) is 5. The lowest BCUT2D eigenvalue weighted by Gasteiger charge is -2.19. The van der Waals surface area contributed by atoms with Gasteiger partial charge in [-0.3, -0.25) is 4.79 Å². The summed E-state index contributed by atoms with van der Waals surface area (Å²) in [7, 11) is 2.27. The Hall–Kier alpha value is -0.830. The molecule has 0 spiro atoms. The van der Waals surface area contributed by atoms with Crippen LogP contribution >= 0.6 is 9.24 Å². The zero-order chi connectivity index (χ0) is 13.6. The minimum absolute atomic E-state index is 0.00599. The van der Waals surface area contributed by atoms with Crippen LogP contribution in [0, 0.1) is 5.41 Å². The summed E-state index contributed by atoms with van der Waals surface area (Å²) in [5.74, 6) is -0.946. The average Bonchev–Trinajstić information content (AvgIpc) is 2.10. The molecule has 0 saturated heterocycles. The zero-order valence-corrected chi connectivity index (χ0v) is 12.1. The van der Waals surface area contributed by atoms with E-state index in [9.17, 15) is 9.59 Å². The fourth-order valence-electron chi connectivity index (χ4n) is 0.752. The second-order valence-electron chi connectivity index (χ2n) is 4.92. The number of carbonyl (C=O) groups excluding carboxylic acids is 2. The monoisotopic (exact) mass is 264 g/mol. The van der Waals surface area contributed by atoms with Crippen LogP contribution in [0.1, 0.15) is 34.6 Å². The van der Waals surface area contributed by atoms with Gasteiger partial charge in [-0.2, -0.15) is 0 Å². The summed E-state index contributed by atoms with van der Waals surface area (Å²) in [6.07, 6.45) is -1.01. The van der Waals surface area contributed by atoms with E-state index in [1.54, 1.807) is 34.6 Å². The van der Waals surface area contributed by atoms with Gasteiger partial charge in [-0.25, -0.2) is 4.79 Å². The molecule has 5 nitrogen and oxygen atoms in total. The first-order valence-corrected chi connectivity index (χ1v) is 6.09. The maximum atomic E-state index is 11.4. The van der Waals surface area contributed by atoms with E-state index in [0.717, 1.165) is 0 Å². The molecule has 0 aromatic rings. The molecular weight excluding hydrogens is 243 g/mol. The molecule has 0 aromatic carbocycles. The molecule has 0 aromatic heterocycles. The lowest BCUT2D eigenvalue weighted by molar-refractivity contribution is -0.154. The lowest BCUT2D eigenvalue weighted by Crippen LogP contribution is -2.27. The summed E-state index contributed by atoms with van der Waals surface area (Å²) < 4.78 is 14.6. The summed E-state index contributed by atoms with van der Waals surface area (Å²) in [5.41, 5.74) is -0.567. The Kier molecular flexibility index (Phi) is 6.46. The van der Waals surface area contributed by atoms with Crippen molar-refractivity contribution in [3.05, 3.63) is 0 Å². The molecule has 100 valence electrons. The number of carbonyl (C=O) groups is 2. The van der Waals surface area contributed by atoms with Crippen LogP contribution in [0.25, 0.3) is 0 Å². The number of hydrogen-bond donors (Lipinski definition) is 0. The van der Waals surface area contributed by atoms with Gasteiger partial charge in [0, 0.05) is 0 Å². The second-order valence-corrected chi connectivity index (χ2v) is 5.66. The molecular formula is C11H21O5P. The molecule has 0 heterocycles. The molecule has 0 radical (unpaired) electrons. The van der Waals surface area contributed by atoms with Crippen molar-refractivity contribution in [2.45, 2.75) is 46.6 Å². The molecule has 0 fully saturated rings. The van der Waals surface area contributed by atoms with Gasteiger partial charge in [-0.1, -0.05) is 9.24 Å². The van der Waals surface area contributed by atoms with Crippen molar-refractivity contribution in [1.82, 2.24) is 0 Å². The van der Waals surface area contributed by atoms with E-state index in [2.05, 4.69) is 9.24 Å². The van der Waals surface area contributed by atoms with Crippen LogP contribution in [0.2, 0.25) is 0 Å². The van der Waals surface area contributed by atoms with Gasteiger partial charge in [0.1, 0.15) is 6.61 Å². The molecule has 0 bridgehead atoms. The number of esters is 1. The van der Waals surface area contributed by atoms with E-state index < -0.39 is 17.4 Å². The summed E-state index contributed by atoms with van der Waals surface area (Å²) in [6.45, 7) is 8.69. The van der Waals surface area contributed by atoms with E-state index in [1.165, 1.54) is 0 Å². The lowest BCUT2D eigenvalue weighted by atomic mass is 9.97. The Morgan fingerprint density at radius 3 is 2.12 bits per heavy atom. The molecule has 17 heavy (non-hydrogen) atoms. The maximum Gasteiger partial charge on any atom is 0.509 e. The maximum absolute atomic E-state index is 11.4. The van der Waals surface area contributed by atoms with Gasteiger partial charge in [0.25, 0.3) is 0 Å². The van der Waals surface area contributed by atoms with Crippen molar-refractivity contribution in [1.29, 1.82) is 0 Å². The van der Waals surface area contributed by atoms with Gasteiger partial charge in [0.15, 0.2) is 5.85 Å². The van der Waals surface area contributed by atoms with Crippen LogP contribution in [-0.2, 0) is 19.0 Å². The molecule has 2 unspecified atom stereocenters. The quantitative estimate of drug-likeness (QED) is 0.576. The first-order chi connectivity index (χ1) is 7.62. The van der Waals surface area contributed by atoms with Gasteiger partial charge in [0.2, 0.25) is 0 Å². The highest BCUT2D eigenvalue weighted by Crippen LogP contribution is 2.16. The highest BCUT2D eigenvalue weighted by atomic mass is 31.0. The first kappa shape index (κ1) is 16.2. The van der Waals surface area contributed by atoms with E-state index in [4.69, 9.17) is 14.2 Å². The molecule has 0 aliphatic rings. The van der Waals surface area contributed by atoms with E-state index in [0.29, 0.717) is 0 Å². The summed E-state index contributed by atoms with van der Waals surface area (Å²) in [4.78, 5) is 22.5. The van der Waals surface area contributed by atoms with Gasteiger partial charge in [-0.05, 0) is 34.6 Å². The molecule has 0 N–H and O–H groups in total. The topological polar surface area (TPSA) is 61.8 Å². The zero-order valence-electron chi connectivity index (χ0n) is 11.0. The highest BCUT2D eigenvalue weighted by molar-refractivity contribution is 7.17. The number of rotatable bonds is 4. The predicted octanol–water partition coefficient (Wildman–Crippen LogP) is 2.34. The third-order valence-corrected chi connectivity index (χ3v) is 1.90. The van der Waals surface area contributed by atoms with Crippen LogP contribution in [-0.4, -0.2) is 30.7 Å². The van der Waals surface area contributed by atoms with Crippen molar-refractivity contribution in [3.8, 4) is 0 Å². The molecule has 6 heteroatoms. The van der Waals surface area contributed by atoms with E-state index in [-0.39, 0.29) is 18.7 Å². The second kappa shape index (κ2) is 6.80. The van der Waals surface area contributed by atoms with Crippen LogP contribution in [0.3, 0.4) is 0 Å². The first-order valence-electron chi connectivity index (χ1n) is 5.43. The van der Waals surface area contributed by atoms with Gasteiger partial charge in [0.05, 0.1) is 11.5 Å². The third kappa shape index (κ3) is 7.97. The van der Waals surface area contributed by atoms with Crippen LogP contribution in [0.4, 0.5) is 4.79 Å². The van der Waals surface area contributed by atoms with Crippen molar-refractivity contribution in [3.63, 3.8) is 0 Å². The number of ether oxygens (including phenoxy) is 3. The molecule has 0 amide bonds. The molecule has 0 rings (SSSR count). The van der Waals surface area contributed by atoms with E-state index >= 15 is 0 Å². The summed E-state index contributed by atoms with van der Waals surface area (Å²) in [5, 5.41) is 0. The molecule has 2 atom stereocenters. The van der Waals surface area contributed by atoms with Crippen molar-refractivity contribution >= 4 is 21.4 Å². The Balaban J connectivity index is 3.92. The third-order valence-electron chi connectivity index (χ3n) is 1.57. The summed E-state index contributed by atoms with van der Waals surface area (Å²) >= 11 is 0. The molecule has 0 aliphatic carbocycles. The van der Waals surface area contributed by atoms with Gasteiger partial charge < -0.3 is 14.2 Å². The minimum atomic E-state index is -0.771.